The molecule has 1 aromatic carbocycles. The first-order valence-corrected chi connectivity index (χ1v) is 11.0. The topological polar surface area (TPSA) is 49.8 Å². The third-order valence-electron chi connectivity index (χ3n) is 4.60. The lowest BCUT2D eigenvalue weighted by Crippen LogP contribution is -2.41. The third-order valence-corrected chi connectivity index (χ3v) is 6.77. The standard InChI is InChI=1S/C19H21Br2NO3S/c1-2-25-15-6-5-13(20)10-14(15)18(16-7-8-17(21)26-16)22-9-3-4-12(11-22)19(23)24/h5-8,10,12,18H,2-4,9,11H2,1H3,(H,23,24). The Morgan fingerprint density at radius 3 is 2.85 bits per heavy atom. The smallest absolute Gasteiger partial charge is 0.307 e. The van der Waals surface area contributed by atoms with Crippen molar-refractivity contribution in [3.05, 3.63) is 49.0 Å². The largest absolute Gasteiger partial charge is 0.494 e. The van der Waals surface area contributed by atoms with Gasteiger partial charge in [-0.05, 0) is 72.6 Å². The van der Waals surface area contributed by atoms with Crippen molar-refractivity contribution < 1.29 is 14.6 Å². The fourth-order valence-corrected chi connectivity index (χ4v) is 5.42. The number of carboxylic acid groups (broad SMARTS) is 1. The number of carboxylic acids is 1. The Bertz CT molecular complexity index is 780. The van der Waals surface area contributed by atoms with Crippen LogP contribution in [0.15, 0.2) is 38.6 Å². The second-order valence-electron chi connectivity index (χ2n) is 6.33. The van der Waals surface area contributed by atoms with Crippen LogP contribution in [0, 0.1) is 5.92 Å². The van der Waals surface area contributed by atoms with E-state index in [2.05, 4.69) is 48.9 Å². The number of halogens is 2. The molecule has 0 radical (unpaired) electrons. The summed E-state index contributed by atoms with van der Waals surface area (Å²) in [5.74, 6) is -0.180. The SMILES string of the molecule is CCOc1ccc(Br)cc1C(c1ccc(Br)s1)N1CCCC(C(=O)O)C1. The Kier molecular flexibility index (Phi) is 6.77. The van der Waals surface area contributed by atoms with Gasteiger partial charge in [0.1, 0.15) is 5.75 Å². The number of carbonyl (C=O) groups is 1. The number of nitrogens with zero attached hydrogens (tertiary/aromatic N) is 1. The minimum atomic E-state index is -0.708. The van der Waals surface area contributed by atoms with Crippen molar-refractivity contribution in [3.8, 4) is 5.75 Å². The van der Waals surface area contributed by atoms with Gasteiger partial charge in [-0.3, -0.25) is 9.69 Å². The van der Waals surface area contributed by atoms with E-state index in [1.54, 1.807) is 11.3 Å². The van der Waals surface area contributed by atoms with Crippen molar-refractivity contribution in [2.45, 2.75) is 25.8 Å². The van der Waals surface area contributed by atoms with E-state index in [0.29, 0.717) is 13.2 Å². The van der Waals surface area contributed by atoms with Gasteiger partial charge in [0.25, 0.3) is 0 Å². The summed E-state index contributed by atoms with van der Waals surface area (Å²) in [7, 11) is 0. The van der Waals surface area contributed by atoms with Crippen molar-refractivity contribution in [1.29, 1.82) is 0 Å². The summed E-state index contributed by atoms with van der Waals surface area (Å²) in [5, 5.41) is 9.50. The number of hydrogen-bond acceptors (Lipinski definition) is 4. The number of piperidine rings is 1. The molecule has 1 saturated heterocycles. The number of benzene rings is 1. The average Bonchev–Trinajstić information content (AvgIpc) is 3.04. The van der Waals surface area contributed by atoms with Gasteiger partial charge in [-0.25, -0.2) is 0 Å². The predicted octanol–water partition coefficient (Wildman–Crippen LogP) is 5.56. The molecule has 0 spiro atoms. The first-order valence-electron chi connectivity index (χ1n) is 8.64. The molecule has 1 aliphatic heterocycles. The fourth-order valence-electron chi connectivity index (χ4n) is 3.47. The number of rotatable bonds is 6. The van der Waals surface area contributed by atoms with Crippen molar-refractivity contribution in [2.75, 3.05) is 19.7 Å². The van der Waals surface area contributed by atoms with Gasteiger partial charge in [0, 0.05) is 21.5 Å². The number of hydrogen-bond donors (Lipinski definition) is 1. The summed E-state index contributed by atoms with van der Waals surface area (Å²) in [6.45, 7) is 3.99. The van der Waals surface area contributed by atoms with E-state index in [9.17, 15) is 9.90 Å². The van der Waals surface area contributed by atoms with Crippen LogP contribution >= 0.6 is 43.2 Å². The molecule has 1 aliphatic rings. The zero-order valence-electron chi connectivity index (χ0n) is 14.5. The molecule has 1 N–H and O–H groups in total. The molecule has 0 aliphatic carbocycles. The van der Waals surface area contributed by atoms with Gasteiger partial charge in [-0.1, -0.05) is 15.9 Å². The molecule has 0 amide bonds. The van der Waals surface area contributed by atoms with Crippen molar-refractivity contribution in [3.63, 3.8) is 0 Å². The molecule has 2 aromatic rings. The molecule has 140 valence electrons. The lowest BCUT2D eigenvalue weighted by atomic mass is 9.94. The van der Waals surface area contributed by atoms with Gasteiger partial charge < -0.3 is 9.84 Å². The number of likely N-dealkylation sites (tertiary alicyclic amines) is 1. The van der Waals surface area contributed by atoms with Gasteiger partial charge in [0.05, 0.1) is 22.4 Å². The molecule has 2 atom stereocenters. The maximum absolute atomic E-state index is 11.6. The van der Waals surface area contributed by atoms with Gasteiger partial charge in [-0.15, -0.1) is 11.3 Å². The second-order valence-corrected chi connectivity index (χ2v) is 9.74. The normalized spacial score (nSPS) is 19.3. The Labute approximate surface area is 174 Å². The molecule has 0 bridgehead atoms. The van der Waals surface area contributed by atoms with Crippen LogP contribution in [0.3, 0.4) is 0 Å². The Morgan fingerprint density at radius 1 is 1.38 bits per heavy atom. The molecule has 26 heavy (non-hydrogen) atoms. The highest BCUT2D eigenvalue weighted by molar-refractivity contribution is 9.11. The van der Waals surface area contributed by atoms with Crippen LogP contribution in [0.2, 0.25) is 0 Å². The zero-order valence-corrected chi connectivity index (χ0v) is 18.4. The average molecular weight is 503 g/mol. The van der Waals surface area contributed by atoms with E-state index in [1.165, 1.54) is 4.88 Å². The summed E-state index contributed by atoms with van der Waals surface area (Å²) in [4.78, 5) is 15.0. The van der Waals surface area contributed by atoms with E-state index in [-0.39, 0.29) is 12.0 Å². The molecule has 3 rings (SSSR count). The maximum Gasteiger partial charge on any atom is 0.307 e. The predicted molar refractivity (Wildman–Crippen MR) is 111 cm³/mol. The van der Waals surface area contributed by atoms with Crippen LogP contribution in [0.1, 0.15) is 36.2 Å². The highest BCUT2D eigenvalue weighted by Gasteiger charge is 2.33. The number of ether oxygens (including phenoxy) is 1. The fraction of sp³-hybridized carbons (Fsp3) is 0.421. The van der Waals surface area contributed by atoms with Gasteiger partial charge >= 0.3 is 5.97 Å². The van der Waals surface area contributed by atoms with E-state index in [0.717, 1.165) is 39.0 Å². The van der Waals surface area contributed by atoms with Crippen LogP contribution < -0.4 is 4.74 Å². The molecular formula is C19H21Br2NO3S. The van der Waals surface area contributed by atoms with Crippen molar-refractivity contribution in [2.24, 2.45) is 5.92 Å². The lowest BCUT2D eigenvalue weighted by Gasteiger charge is -2.37. The molecule has 1 fully saturated rings. The first kappa shape index (κ1) is 19.9. The molecule has 4 nitrogen and oxygen atoms in total. The maximum atomic E-state index is 11.6. The van der Waals surface area contributed by atoms with E-state index in [4.69, 9.17) is 4.74 Å². The minimum Gasteiger partial charge on any atom is -0.494 e. The van der Waals surface area contributed by atoms with Crippen LogP contribution in [0.5, 0.6) is 5.75 Å². The monoisotopic (exact) mass is 501 g/mol. The summed E-state index contributed by atoms with van der Waals surface area (Å²) < 4.78 is 7.95. The van der Waals surface area contributed by atoms with E-state index in [1.807, 2.05) is 25.1 Å². The summed E-state index contributed by atoms with van der Waals surface area (Å²) in [6.07, 6.45) is 1.63. The Balaban J connectivity index is 2.05. The van der Waals surface area contributed by atoms with Gasteiger partial charge in [0.2, 0.25) is 0 Å². The van der Waals surface area contributed by atoms with Gasteiger partial charge in [0.15, 0.2) is 0 Å². The Hall–Kier alpha value is -0.890. The molecule has 2 heterocycles. The molecule has 7 heteroatoms. The Morgan fingerprint density at radius 2 is 2.19 bits per heavy atom. The summed E-state index contributed by atoms with van der Waals surface area (Å²) in [5.41, 5.74) is 1.07. The van der Waals surface area contributed by atoms with Crippen LogP contribution in [0.4, 0.5) is 0 Å². The van der Waals surface area contributed by atoms with Crippen LogP contribution in [0.25, 0.3) is 0 Å². The van der Waals surface area contributed by atoms with Crippen LogP contribution in [-0.2, 0) is 4.79 Å². The number of aliphatic carboxylic acids is 1. The molecule has 2 unspecified atom stereocenters. The molecular weight excluding hydrogens is 482 g/mol. The van der Waals surface area contributed by atoms with Crippen molar-refractivity contribution >= 4 is 49.2 Å². The van der Waals surface area contributed by atoms with Gasteiger partial charge in [-0.2, -0.15) is 0 Å². The summed E-state index contributed by atoms with van der Waals surface area (Å²) in [6, 6.07) is 10.2. The van der Waals surface area contributed by atoms with Crippen LogP contribution in [-0.4, -0.2) is 35.7 Å². The first-order chi connectivity index (χ1) is 12.5. The summed E-state index contributed by atoms with van der Waals surface area (Å²) >= 11 is 8.82. The second kappa shape index (κ2) is 8.87. The number of thiophene rings is 1. The zero-order chi connectivity index (χ0) is 18.7. The van der Waals surface area contributed by atoms with Crippen molar-refractivity contribution in [1.82, 2.24) is 4.90 Å². The minimum absolute atomic E-state index is 0.0208. The molecule has 1 aromatic heterocycles. The van der Waals surface area contributed by atoms with E-state index >= 15 is 0 Å². The van der Waals surface area contributed by atoms with E-state index < -0.39 is 5.97 Å². The third kappa shape index (κ3) is 4.50. The quantitative estimate of drug-likeness (QED) is 0.561. The lowest BCUT2D eigenvalue weighted by molar-refractivity contribution is -0.143. The highest BCUT2D eigenvalue weighted by atomic mass is 79.9. The highest BCUT2D eigenvalue weighted by Crippen LogP contribution is 2.41. The molecule has 0 saturated carbocycles.